The van der Waals surface area contributed by atoms with E-state index in [2.05, 4.69) is 13.8 Å². The highest BCUT2D eigenvalue weighted by Crippen LogP contribution is 2.38. The van der Waals surface area contributed by atoms with Crippen LogP contribution < -0.4 is 0 Å². The predicted octanol–water partition coefficient (Wildman–Crippen LogP) is 10.2. The Labute approximate surface area is 185 Å². The molecule has 0 aliphatic carbocycles. The van der Waals surface area contributed by atoms with E-state index in [0.29, 0.717) is 5.60 Å². The van der Waals surface area contributed by atoms with Crippen molar-refractivity contribution in [1.29, 1.82) is 0 Å². The fourth-order valence-electron chi connectivity index (χ4n) is 4.74. The maximum absolute atomic E-state index is 5.88. The first-order valence-electron chi connectivity index (χ1n) is 14.0. The van der Waals surface area contributed by atoms with E-state index in [0.717, 1.165) is 6.61 Å². The average molecular weight is 409 g/mol. The van der Waals surface area contributed by atoms with E-state index in [1.165, 1.54) is 154 Å². The van der Waals surface area contributed by atoms with Crippen molar-refractivity contribution in [2.24, 2.45) is 0 Å². The fraction of sp³-hybridized carbons (Fsp3) is 1.00. The lowest BCUT2D eigenvalue weighted by Crippen LogP contribution is -2.10. The van der Waals surface area contributed by atoms with Gasteiger partial charge in [0.15, 0.2) is 0 Å². The number of hydrogen-bond donors (Lipinski definition) is 0. The van der Waals surface area contributed by atoms with E-state index < -0.39 is 0 Å². The molecule has 0 saturated carbocycles. The van der Waals surface area contributed by atoms with E-state index in [1.54, 1.807) is 0 Å². The summed E-state index contributed by atoms with van der Waals surface area (Å²) in [4.78, 5) is 0. The van der Waals surface area contributed by atoms with E-state index in [4.69, 9.17) is 4.74 Å². The SMILES string of the molecule is CCCCCCCCCCCCCCC1(CCCCCCCCCCCC)CO1. The van der Waals surface area contributed by atoms with Gasteiger partial charge in [0.05, 0.1) is 12.2 Å². The fourth-order valence-corrected chi connectivity index (χ4v) is 4.74. The minimum atomic E-state index is 0.332. The van der Waals surface area contributed by atoms with Crippen molar-refractivity contribution in [3.05, 3.63) is 0 Å². The molecule has 29 heavy (non-hydrogen) atoms. The van der Waals surface area contributed by atoms with Crippen LogP contribution in [0.1, 0.15) is 168 Å². The van der Waals surface area contributed by atoms with Crippen molar-refractivity contribution in [3.8, 4) is 0 Å². The number of unbranched alkanes of at least 4 members (excludes halogenated alkanes) is 20. The van der Waals surface area contributed by atoms with Crippen LogP contribution in [0.2, 0.25) is 0 Å². The van der Waals surface area contributed by atoms with Gasteiger partial charge in [-0.1, -0.05) is 155 Å². The topological polar surface area (TPSA) is 12.5 Å². The van der Waals surface area contributed by atoms with Crippen molar-refractivity contribution < 1.29 is 4.74 Å². The predicted molar refractivity (Wildman–Crippen MR) is 131 cm³/mol. The number of rotatable bonds is 24. The Morgan fingerprint density at radius 3 is 0.897 bits per heavy atom. The summed E-state index contributed by atoms with van der Waals surface area (Å²) in [5, 5.41) is 0. The van der Waals surface area contributed by atoms with Crippen LogP contribution in [0, 0.1) is 0 Å². The normalized spacial score (nSPS) is 18.4. The molecule has 1 unspecified atom stereocenters. The second-order valence-corrected chi connectivity index (χ2v) is 10.0. The quantitative estimate of drug-likeness (QED) is 0.114. The third-order valence-electron chi connectivity index (χ3n) is 7.02. The second-order valence-electron chi connectivity index (χ2n) is 10.0. The van der Waals surface area contributed by atoms with Crippen molar-refractivity contribution in [2.75, 3.05) is 6.61 Å². The van der Waals surface area contributed by atoms with Crippen LogP contribution >= 0.6 is 0 Å². The molecule has 1 atom stereocenters. The first kappa shape index (κ1) is 27.0. The van der Waals surface area contributed by atoms with Gasteiger partial charge in [0.25, 0.3) is 0 Å². The van der Waals surface area contributed by atoms with E-state index in [9.17, 15) is 0 Å². The number of hydrogen-bond acceptors (Lipinski definition) is 1. The molecule has 174 valence electrons. The lowest BCUT2D eigenvalue weighted by atomic mass is 9.94. The first-order chi connectivity index (χ1) is 14.3. The molecule has 0 aromatic heterocycles. The van der Waals surface area contributed by atoms with E-state index in [-0.39, 0.29) is 0 Å². The molecule has 1 fully saturated rings. The van der Waals surface area contributed by atoms with Crippen LogP contribution in [0.25, 0.3) is 0 Å². The number of epoxide rings is 1. The Hall–Kier alpha value is -0.0400. The summed E-state index contributed by atoms with van der Waals surface area (Å²) < 4.78 is 5.88. The Morgan fingerprint density at radius 1 is 0.414 bits per heavy atom. The van der Waals surface area contributed by atoms with Crippen LogP contribution in [-0.2, 0) is 4.74 Å². The molecule has 1 aliphatic heterocycles. The van der Waals surface area contributed by atoms with Gasteiger partial charge in [0.2, 0.25) is 0 Å². The summed E-state index contributed by atoms with van der Waals surface area (Å²) in [6.07, 6.45) is 34.4. The summed E-state index contributed by atoms with van der Waals surface area (Å²) in [5.41, 5.74) is 0.332. The van der Waals surface area contributed by atoms with Gasteiger partial charge in [0, 0.05) is 0 Å². The molecule has 0 bridgehead atoms. The number of ether oxygens (including phenoxy) is 1. The summed E-state index contributed by atoms with van der Waals surface area (Å²) in [6, 6.07) is 0. The maximum Gasteiger partial charge on any atom is 0.0916 e. The van der Waals surface area contributed by atoms with Gasteiger partial charge in [-0.25, -0.2) is 0 Å². The van der Waals surface area contributed by atoms with Crippen LogP contribution in [0.5, 0.6) is 0 Å². The molecule has 0 aromatic rings. The molecular formula is C28H56O. The summed E-state index contributed by atoms with van der Waals surface area (Å²) in [6.45, 7) is 5.66. The summed E-state index contributed by atoms with van der Waals surface area (Å²) in [5.74, 6) is 0. The van der Waals surface area contributed by atoms with Crippen molar-refractivity contribution in [3.63, 3.8) is 0 Å². The average Bonchev–Trinajstić information content (AvgIpc) is 3.50. The molecule has 0 N–H and O–H groups in total. The Morgan fingerprint density at radius 2 is 0.655 bits per heavy atom. The minimum absolute atomic E-state index is 0.332. The highest BCUT2D eigenvalue weighted by atomic mass is 16.6. The van der Waals surface area contributed by atoms with Gasteiger partial charge in [-0.3, -0.25) is 0 Å². The van der Waals surface area contributed by atoms with Gasteiger partial charge in [-0.15, -0.1) is 0 Å². The molecule has 0 aromatic carbocycles. The molecule has 1 aliphatic rings. The highest BCUT2D eigenvalue weighted by Gasteiger charge is 2.42. The van der Waals surface area contributed by atoms with Gasteiger partial charge < -0.3 is 4.74 Å². The van der Waals surface area contributed by atoms with Crippen molar-refractivity contribution in [1.82, 2.24) is 0 Å². The molecule has 1 heteroatoms. The van der Waals surface area contributed by atoms with E-state index >= 15 is 0 Å². The molecule has 1 nitrogen and oxygen atoms in total. The molecule has 0 amide bonds. The van der Waals surface area contributed by atoms with Crippen LogP contribution in [-0.4, -0.2) is 12.2 Å². The molecule has 1 saturated heterocycles. The Bertz CT molecular complexity index is 320. The first-order valence-corrected chi connectivity index (χ1v) is 14.0. The van der Waals surface area contributed by atoms with Crippen LogP contribution in [0.3, 0.4) is 0 Å². The van der Waals surface area contributed by atoms with Crippen LogP contribution in [0.15, 0.2) is 0 Å². The van der Waals surface area contributed by atoms with Crippen LogP contribution in [0.4, 0.5) is 0 Å². The smallest absolute Gasteiger partial charge is 0.0916 e. The summed E-state index contributed by atoms with van der Waals surface area (Å²) in [7, 11) is 0. The zero-order valence-electron chi connectivity index (χ0n) is 20.6. The molecule has 1 heterocycles. The molecule has 1 rings (SSSR count). The van der Waals surface area contributed by atoms with Crippen molar-refractivity contribution >= 4 is 0 Å². The largest absolute Gasteiger partial charge is 0.370 e. The summed E-state index contributed by atoms with van der Waals surface area (Å²) >= 11 is 0. The highest BCUT2D eigenvalue weighted by molar-refractivity contribution is 4.91. The zero-order chi connectivity index (χ0) is 20.9. The maximum atomic E-state index is 5.88. The van der Waals surface area contributed by atoms with Gasteiger partial charge >= 0.3 is 0 Å². The van der Waals surface area contributed by atoms with Gasteiger partial charge in [0.1, 0.15) is 0 Å². The van der Waals surface area contributed by atoms with E-state index in [1.807, 2.05) is 0 Å². The Kier molecular flexibility index (Phi) is 18.5. The molecular weight excluding hydrogens is 352 g/mol. The molecule has 0 spiro atoms. The standard InChI is InChI=1S/C28H56O/c1-3-5-7-9-11-13-15-16-18-20-22-24-26-28(27-29-28)25-23-21-19-17-14-12-10-8-6-4-2/h3-27H2,1-2H3. The van der Waals surface area contributed by atoms with Gasteiger partial charge in [-0.2, -0.15) is 0 Å². The second kappa shape index (κ2) is 19.9. The van der Waals surface area contributed by atoms with Crippen molar-refractivity contribution in [2.45, 2.75) is 174 Å². The minimum Gasteiger partial charge on any atom is -0.370 e. The van der Waals surface area contributed by atoms with Gasteiger partial charge in [-0.05, 0) is 12.8 Å². The monoisotopic (exact) mass is 408 g/mol. The lowest BCUT2D eigenvalue weighted by molar-refractivity contribution is 0.260. The Balaban J connectivity index is 1.78. The zero-order valence-corrected chi connectivity index (χ0v) is 20.6. The third-order valence-corrected chi connectivity index (χ3v) is 7.02. The lowest BCUT2D eigenvalue weighted by Gasteiger charge is -2.11. The third kappa shape index (κ3) is 17.3. The molecule has 0 radical (unpaired) electrons.